The summed E-state index contributed by atoms with van der Waals surface area (Å²) in [5, 5.41) is 15.1. The molecule has 0 saturated carbocycles. The Bertz CT molecular complexity index is 643. The van der Waals surface area contributed by atoms with Crippen LogP contribution in [-0.4, -0.2) is 29.3 Å². The van der Waals surface area contributed by atoms with Gasteiger partial charge in [0.25, 0.3) is 5.56 Å². The summed E-state index contributed by atoms with van der Waals surface area (Å²) in [7, 11) is 0. The number of anilines is 1. The van der Waals surface area contributed by atoms with Crippen molar-refractivity contribution in [1.29, 1.82) is 0 Å². The molecular formula is C14H18N4O. The molecule has 0 bridgehead atoms. The van der Waals surface area contributed by atoms with E-state index in [1.807, 2.05) is 25.1 Å². The van der Waals surface area contributed by atoms with Gasteiger partial charge in [-0.15, -0.1) is 0 Å². The lowest BCUT2D eigenvalue weighted by Crippen LogP contribution is -2.35. The number of nitrogens with one attached hydrogen (secondary N) is 3. The molecule has 0 spiro atoms. The number of H-pyrrole nitrogens is 1. The molecule has 1 saturated heterocycles. The molecule has 2 heterocycles. The molecule has 19 heavy (non-hydrogen) atoms. The predicted octanol–water partition coefficient (Wildman–Crippen LogP) is 1.40. The molecule has 0 aliphatic carbocycles. The molecule has 0 radical (unpaired) electrons. The maximum atomic E-state index is 11.8. The quantitative estimate of drug-likeness (QED) is 0.761. The topological polar surface area (TPSA) is 69.8 Å². The van der Waals surface area contributed by atoms with Crippen molar-refractivity contribution < 1.29 is 0 Å². The summed E-state index contributed by atoms with van der Waals surface area (Å²) in [6, 6.07) is 6.24. The normalized spacial score (nSPS) is 16.7. The van der Waals surface area contributed by atoms with Gasteiger partial charge in [-0.05, 0) is 45.0 Å². The molecule has 3 rings (SSSR count). The molecule has 1 fully saturated rings. The Morgan fingerprint density at radius 3 is 2.84 bits per heavy atom. The highest BCUT2D eigenvalue weighted by molar-refractivity contribution is 5.91. The average Bonchev–Trinajstić information content (AvgIpc) is 2.43. The van der Waals surface area contributed by atoms with Crippen LogP contribution in [0.25, 0.3) is 10.8 Å². The van der Waals surface area contributed by atoms with Crippen LogP contribution in [0.3, 0.4) is 0 Å². The van der Waals surface area contributed by atoms with Gasteiger partial charge in [0, 0.05) is 11.4 Å². The van der Waals surface area contributed by atoms with E-state index < -0.39 is 0 Å². The first kappa shape index (κ1) is 12.2. The van der Waals surface area contributed by atoms with E-state index in [2.05, 4.69) is 20.8 Å². The van der Waals surface area contributed by atoms with Gasteiger partial charge in [-0.3, -0.25) is 4.79 Å². The Morgan fingerprint density at radius 2 is 2.05 bits per heavy atom. The molecule has 0 amide bonds. The summed E-state index contributed by atoms with van der Waals surface area (Å²) in [5.41, 5.74) is 0.999. The minimum absolute atomic E-state index is 0.133. The number of hydrogen-bond donors (Lipinski definition) is 3. The first-order valence-electron chi connectivity index (χ1n) is 6.70. The molecular weight excluding hydrogens is 240 g/mol. The van der Waals surface area contributed by atoms with Crippen LogP contribution < -0.4 is 16.2 Å². The molecule has 1 aromatic heterocycles. The van der Waals surface area contributed by atoms with E-state index in [1.165, 1.54) is 0 Å². The van der Waals surface area contributed by atoms with E-state index in [1.54, 1.807) is 0 Å². The number of benzene rings is 1. The Hall–Kier alpha value is -1.88. The second kappa shape index (κ2) is 5.01. The average molecular weight is 258 g/mol. The second-order valence-electron chi connectivity index (χ2n) is 5.12. The van der Waals surface area contributed by atoms with Crippen molar-refractivity contribution in [3.05, 3.63) is 34.1 Å². The largest absolute Gasteiger partial charge is 0.365 e. The molecule has 5 nitrogen and oxygen atoms in total. The summed E-state index contributed by atoms with van der Waals surface area (Å²) < 4.78 is 0. The number of fused-ring (bicyclic) bond motifs is 1. The third kappa shape index (κ3) is 2.46. The fourth-order valence-corrected chi connectivity index (χ4v) is 2.55. The number of aromatic amines is 1. The Balaban J connectivity index is 2.00. The minimum Gasteiger partial charge on any atom is -0.365 e. The Morgan fingerprint density at radius 1 is 1.26 bits per heavy atom. The molecule has 1 aromatic carbocycles. The number of piperidine rings is 1. The molecule has 5 heteroatoms. The second-order valence-corrected chi connectivity index (χ2v) is 5.12. The van der Waals surface area contributed by atoms with Crippen molar-refractivity contribution in [2.45, 2.75) is 25.8 Å². The molecule has 1 aliphatic rings. The van der Waals surface area contributed by atoms with Gasteiger partial charge in [0.2, 0.25) is 0 Å². The summed E-state index contributed by atoms with van der Waals surface area (Å²) in [5.74, 6) is 0.783. The van der Waals surface area contributed by atoms with Crippen molar-refractivity contribution in [3.8, 4) is 0 Å². The van der Waals surface area contributed by atoms with E-state index in [9.17, 15) is 4.79 Å². The van der Waals surface area contributed by atoms with Crippen LogP contribution in [0.2, 0.25) is 0 Å². The zero-order valence-electron chi connectivity index (χ0n) is 11.0. The Kier molecular flexibility index (Phi) is 3.21. The van der Waals surface area contributed by atoms with Crippen molar-refractivity contribution in [3.63, 3.8) is 0 Å². The van der Waals surface area contributed by atoms with Gasteiger partial charge in [-0.1, -0.05) is 11.6 Å². The van der Waals surface area contributed by atoms with Crippen LogP contribution in [0.5, 0.6) is 0 Å². The van der Waals surface area contributed by atoms with Gasteiger partial charge in [-0.2, -0.15) is 5.10 Å². The molecule has 1 aliphatic heterocycles. The van der Waals surface area contributed by atoms with E-state index >= 15 is 0 Å². The van der Waals surface area contributed by atoms with Gasteiger partial charge >= 0.3 is 0 Å². The molecule has 2 aromatic rings. The summed E-state index contributed by atoms with van der Waals surface area (Å²) in [6.45, 7) is 4.07. The lowest BCUT2D eigenvalue weighted by molar-refractivity contribution is 0.478. The lowest BCUT2D eigenvalue weighted by atomic mass is 10.1. The van der Waals surface area contributed by atoms with Crippen LogP contribution in [0.1, 0.15) is 18.4 Å². The first-order valence-corrected chi connectivity index (χ1v) is 6.70. The standard InChI is InChI=1S/C14H18N4O/c1-9-2-3-11-12(8-9)13(17-18-14(11)19)16-10-4-6-15-7-5-10/h2-3,8,10,15H,4-7H2,1H3,(H,16,17)(H,18,19). The predicted molar refractivity (Wildman–Crippen MR) is 76.6 cm³/mol. The molecule has 3 N–H and O–H groups in total. The summed E-state index contributed by atoms with van der Waals surface area (Å²) in [6.07, 6.45) is 2.15. The zero-order valence-corrected chi connectivity index (χ0v) is 11.0. The van der Waals surface area contributed by atoms with E-state index in [0.717, 1.165) is 42.7 Å². The van der Waals surface area contributed by atoms with Crippen LogP contribution in [0.4, 0.5) is 5.82 Å². The van der Waals surface area contributed by atoms with Crippen molar-refractivity contribution in [2.75, 3.05) is 18.4 Å². The molecule has 0 unspecified atom stereocenters. The van der Waals surface area contributed by atoms with Crippen LogP contribution in [0, 0.1) is 6.92 Å². The number of aromatic nitrogens is 2. The third-order valence-electron chi connectivity index (χ3n) is 3.62. The number of nitrogens with zero attached hydrogens (tertiary/aromatic N) is 1. The number of hydrogen-bond acceptors (Lipinski definition) is 4. The summed E-state index contributed by atoms with van der Waals surface area (Å²) in [4.78, 5) is 11.8. The Labute approximate surface area is 111 Å². The summed E-state index contributed by atoms with van der Waals surface area (Å²) >= 11 is 0. The van der Waals surface area contributed by atoms with Crippen LogP contribution >= 0.6 is 0 Å². The number of aryl methyl sites for hydroxylation is 1. The van der Waals surface area contributed by atoms with Gasteiger partial charge in [0.1, 0.15) is 0 Å². The molecule has 100 valence electrons. The highest BCUT2D eigenvalue weighted by Gasteiger charge is 2.15. The number of rotatable bonds is 2. The van der Waals surface area contributed by atoms with E-state index in [0.29, 0.717) is 11.4 Å². The fraction of sp³-hybridized carbons (Fsp3) is 0.429. The maximum absolute atomic E-state index is 11.8. The highest BCUT2D eigenvalue weighted by Crippen LogP contribution is 2.21. The fourth-order valence-electron chi connectivity index (χ4n) is 2.55. The van der Waals surface area contributed by atoms with Crippen molar-refractivity contribution >= 4 is 16.6 Å². The van der Waals surface area contributed by atoms with Crippen molar-refractivity contribution in [2.24, 2.45) is 0 Å². The zero-order chi connectivity index (χ0) is 13.2. The van der Waals surface area contributed by atoms with Crippen molar-refractivity contribution in [1.82, 2.24) is 15.5 Å². The SMILES string of the molecule is Cc1ccc2c(=O)[nH]nc(NC3CCNCC3)c2c1. The smallest absolute Gasteiger partial charge is 0.272 e. The van der Waals surface area contributed by atoms with E-state index in [4.69, 9.17) is 0 Å². The molecule has 0 atom stereocenters. The van der Waals surface area contributed by atoms with Gasteiger partial charge in [0.15, 0.2) is 5.82 Å². The highest BCUT2D eigenvalue weighted by atomic mass is 16.1. The lowest BCUT2D eigenvalue weighted by Gasteiger charge is -2.24. The van der Waals surface area contributed by atoms with Gasteiger partial charge in [0.05, 0.1) is 5.39 Å². The van der Waals surface area contributed by atoms with Crippen LogP contribution in [-0.2, 0) is 0 Å². The maximum Gasteiger partial charge on any atom is 0.272 e. The first-order chi connectivity index (χ1) is 9.24. The van der Waals surface area contributed by atoms with E-state index in [-0.39, 0.29) is 5.56 Å². The van der Waals surface area contributed by atoms with Gasteiger partial charge in [-0.25, -0.2) is 5.10 Å². The van der Waals surface area contributed by atoms with Crippen LogP contribution in [0.15, 0.2) is 23.0 Å². The monoisotopic (exact) mass is 258 g/mol. The third-order valence-corrected chi connectivity index (χ3v) is 3.62. The minimum atomic E-state index is -0.133. The van der Waals surface area contributed by atoms with Gasteiger partial charge < -0.3 is 10.6 Å².